The number of carbonyl (C=O) groups is 1. The minimum absolute atomic E-state index is 0.334. The molecule has 0 saturated carbocycles. The molecule has 116 valence electrons. The van der Waals surface area contributed by atoms with Crippen molar-refractivity contribution in [1.82, 2.24) is 0 Å². The minimum atomic E-state index is -2.90. The number of phenolic OH excluding ortho intramolecular Hbond substituents is 1. The number of rotatable bonds is 3. The van der Waals surface area contributed by atoms with Crippen LogP contribution in [0.1, 0.15) is 10.4 Å². The van der Waals surface area contributed by atoms with E-state index in [1.807, 2.05) is 0 Å². The number of ketones is 1. The van der Waals surface area contributed by atoms with Gasteiger partial charge in [-0.1, -0.05) is 12.1 Å². The van der Waals surface area contributed by atoms with Crippen molar-refractivity contribution >= 4 is 5.78 Å². The van der Waals surface area contributed by atoms with Gasteiger partial charge in [-0.05, 0) is 12.1 Å². The summed E-state index contributed by atoms with van der Waals surface area (Å²) in [5, 5.41) is 58.0. The van der Waals surface area contributed by atoms with Crippen LogP contribution in [0.25, 0.3) is 0 Å². The third-order valence-corrected chi connectivity index (χ3v) is 3.44. The van der Waals surface area contributed by atoms with Gasteiger partial charge in [0, 0.05) is 0 Å². The molecular weight excluding hydrogens is 284 g/mol. The fourth-order valence-electron chi connectivity index (χ4n) is 2.20. The van der Waals surface area contributed by atoms with E-state index >= 15 is 0 Å². The number of aliphatic hydroxyl groups excluding tert-OH is 4. The SMILES string of the molecule is O=C(c1ccccc1O)C1(O)OC(CO)C(O)C(O)C1O. The number of Topliss-reactive ketones (excluding diaryl/α,β-unsaturated/α-hetero) is 1. The van der Waals surface area contributed by atoms with E-state index in [1.54, 1.807) is 0 Å². The largest absolute Gasteiger partial charge is 0.507 e. The molecular formula is C13H16O8. The number of benzene rings is 1. The summed E-state index contributed by atoms with van der Waals surface area (Å²) in [4.78, 5) is 12.3. The lowest BCUT2D eigenvalue weighted by atomic mass is 9.87. The van der Waals surface area contributed by atoms with Gasteiger partial charge in [0.15, 0.2) is 0 Å². The molecule has 1 fully saturated rings. The molecule has 6 N–H and O–H groups in total. The first kappa shape index (κ1) is 15.8. The molecule has 0 spiro atoms. The lowest BCUT2D eigenvalue weighted by molar-refractivity contribution is -0.322. The molecule has 1 aliphatic heterocycles. The van der Waals surface area contributed by atoms with Crippen LogP contribution in [0, 0.1) is 0 Å². The van der Waals surface area contributed by atoms with Crippen LogP contribution in [-0.4, -0.2) is 73.2 Å². The molecule has 1 heterocycles. The smallest absolute Gasteiger partial charge is 0.261 e. The molecule has 1 aromatic rings. The van der Waals surface area contributed by atoms with Crippen molar-refractivity contribution in [2.24, 2.45) is 0 Å². The predicted octanol–water partition coefficient (Wildman–Crippen LogP) is -2.26. The highest BCUT2D eigenvalue weighted by molar-refractivity contribution is 6.04. The van der Waals surface area contributed by atoms with Crippen molar-refractivity contribution in [2.45, 2.75) is 30.2 Å². The van der Waals surface area contributed by atoms with E-state index in [0.717, 1.165) is 0 Å². The van der Waals surface area contributed by atoms with Crippen LogP contribution >= 0.6 is 0 Å². The van der Waals surface area contributed by atoms with Crippen molar-refractivity contribution in [3.63, 3.8) is 0 Å². The standard InChI is InChI=1S/C13H16O8/c14-5-8-9(16)10(17)12(19)13(20,21-8)11(18)6-3-1-2-4-7(6)15/h1-4,8-10,12,14-17,19-20H,5H2. The van der Waals surface area contributed by atoms with Crippen LogP contribution in [0.5, 0.6) is 5.75 Å². The summed E-state index contributed by atoms with van der Waals surface area (Å²) in [5.41, 5.74) is -0.334. The Morgan fingerprint density at radius 1 is 1.19 bits per heavy atom. The number of phenols is 1. The van der Waals surface area contributed by atoms with E-state index in [1.165, 1.54) is 24.3 Å². The Morgan fingerprint density at radius 2 is 1.81 bits per heavy atom. The lowest BCUT2D eigenvalue weighted by Crippen LogP contribution is -2.68. The molecule has 1 aromatic carbocycles. The van der Waals surface area contributed by atoms with E-state index in [2.05, 4.69) is 0 Å². The van der Waals surface area contributed by atoms with Crippen molar-refractivity contribution in [3.8, 4) is 5.75 Å². The van der Waals surface area contributed by atoms with Crippen molar-refractivity contribution in [2.75, 3.05) is 6.61 Å². The molecule has 1 aliphatic rings. The summed E-state index contributed by atoms with van der Waals surface area (Å²) in [6.07, 6.45) is -7.20. The van der Waals surface area contributed by atoms with Gasteiger partial charge in [0.05, 0.1) is 12.2 Å². The first-order valence-corrected chi connectivity index (χ1v) is 6.21. The Bertz CT molecular complexity index is 531. The second-order valence-electron chi connectivity index (χ2n) is 4.81. The molecule has 8 heteroatoms. The summed E-state index contributed by atoms with van der Waals surface area (Å²) in [5.74, 6) is -4.55. The number of ether oxygens (including phenoxy) is 1. The monoisotopic (exact) mass is 300 g/mol. The van der Waals surface area contributed by atoms with Gasteiger partial charge in [-0.15, -0.1) is 0 Å². The van der Waals surface area contributed by atoms with Crippen molar-refractivity contribution < 1.29 is 40.2 Å². The van der Waals surface area contributed by atoms with E-state index in [4.69, 9.17) is 9.84 Å². The predicted molar refractivity (Wildman–Crippen MR) is 67.4 cm³/mol. The van der Waals surface area contributed by atoms with Gasteiger partial charge in [0.2, 0.25) is 5.78 Å². The number of aromatic hydroxyl groups is 1. The fourth-order valence-corrected chi connectivity index (χ4v) is 2.20. The van der Waals surface area contributed by atoms with Crippen LogP contribution in [0.2, 0.25) is 0 Å². The molecule has 0 radical (unpaired) electrons. The van der Waals surface area contributed by atoms with Gasteiger partial charge in [-0.3, -0.25) is 4.79 Å². The number of hydrogen-bond acceptors (Lipinski definition) is 8. The molecule has 5 atom stereocenters. The number of para-hydroxylation sites is 1. The highest BCUT2D eigenvalue weighted by Gasteiger charge is 2.57. The molecule has 21 heavy (non-hydrogen) atoms. The molecule has 0 amide bonds. The van der Waals surface area contributed by atoms with Gasteiger partial charge < -0.3 is 35.4 Å². The van der Waals surface area contributed by atoms with Crippen LogP contribution < -0.4 is 0 Å². The summed E-state index contributed by atoms with van der Waals surface area (Å²) in [6.45, 7) is -0.790. The van der Waals surface area contributed by atoms with E-state index in [0.29, 0.717) is 0 Å². The summed E-state index contributed by atoms with van der Waals surface area (Å²) in [6, 6.07) is 5.25. The maximum Gasteiger partial charge on any atom is 0.261 e. The first-order valence-electron chi connectivity index (χ1n) is 6.21. The van der Waals surface area contributed by atoms with Gasteiger partial charge in [0.25, 0.3) is 5.79 Å². The Morgan fingerprint density at radius 3 is 2.38 bits per heavy atom. The lowest BCUT2D eigenvalue weighted by Gasteiger charge is -2.44. The van der Waals surface area contributed by atoms with E-state index in [-0.39, 0.29) is 5.56 Å². The molecule has 2 rings (SSSR count). The summed E-state index contributed by atoms with van der Waals surface area (Å²) in [7, 11) is 0. The van der Waals surface area contributed by atoms with Crippen LogP contribution in [-0.2, 0) is 4.74 Å². The average Bonchev–Trinajstić information content (AvgIpc) is 2.48. The van der Waals surface area contributed by atoms with Gasteiger partial charge in [-0.2, -0.15) is 0 Å². The van der Waals surface area contributed by atoms with E-state index < -0.39 is 48.3 Å². The minimum Gasteiger partial charge on any atom is -0.507 e. The molecule has 0 aliphatic carbocycles. The fraction of sp³-hybridized carbons (Fsp3) is 0.462. The van der Waals surface area contributed by atoms with Gasteiger partial charge >= 0.3 is 0 Å². The zero-order chi connectivity index (χ0) is 15.8. The van der Waals surface area contributed by atoms with Gasteiger partial charge in [0.1, 0.15) is 30.2 Å². The molecule has 0 aromatic heterocycles. The maximum atomic E-state index is 12.3. The molecule has 1 saturated heterocycles. The van der Waals surface area contributed by atoms with Crippen LogP contribution in [0.4, 0.5) is 0 Å². The number of hydrogen-bond donors (Lipinski definition) is 6. The Balaban J connectivity index is 2.40. The highest BCUT2D eigenvalue weighted by atomic mass is 16.7. The van der Waals surface area contributed by atoms with Crippen LogP contribution in [0.15, 0.2) is 24.3 Å². The summed E-state index contributed by atoms with van der Waals surface area (Å²) < 4.78 is 4.87. The van der Waals surface area contributed by atoms with Crippen LogP contribution in [0.3, 0.4) is 0 Å². The van der Waals surface area contributed by atoms with E-state index in [9.17, 15) is 30.3 Å². The Hall–Kier alpha value is -1.55. The zero-order valence-electron chi connectivity index (χ0n) is 10.8. The van der Waals surface area contributed by atoms with Crippen molar-refractivity contribution in [3.05, 3.63) is 29.8 Å². The molecule has 8 nitrogen and oxygen atoms in total. The third-order valence-electron chi connectivity index (χ3n) is 3.44. The molecule has 0 bridgehead atoms. The van der Waals surface area contributed by atoms with Gasteiger partial charge in [-0.25, -0.2) is 0 Å². The van der Waals surface area contributed by atoms with Crippen molar-refractivity contribution in [1.29, 1.82) is 0 Å². The number of carbonyl (C=O) groups excluding carboxylic acids is 1. The highest BCUT2D eigenvalue weighted by Crippen LogP contribution is 2.33. The maximum absolute atomic E-state index is 12.3. The normalized spacial score (nSPS) is 36.4. The molecule has 5 unspecified atom stereocenters. The Labute approximate surface area is 119 Å². The second-order valence-corrected chi connectivity index (χ2v) is 4.81. The number of aliphatic hydroxyl groups is 5. The second kappa shape index (κ2) is 5.68. The first-order chi connectivity index (χ1) is 9.82. The third kappa shape index (κ3) is 2.53. The quantitative estimate of drug-likeness (QED) is 0.343. The zero-order valence-corrected chi connectivity index (χ0v) is 10.8. The summed E-state index contributed by atoms with van der Waals surface area (Å²) >= 11 is 0. The average molecular weight is 300 g/mol. The Kier molecular flexibility index (Phi) is 4.28. The topological polar surface area (TPSA) is 148 Å².